The van der Waals surface area contributed by atoms with Gasteiger partial charge in [-0.2, -0.15) is 0 Å². The van der Waals surface area contributed by atoms with Crippen molar-refractivity contribution in [1.29, 1.82) is 0 Å². The largest absolute Gasteiger partial charge is 0.345 e. The number of aryl methyl sites for hydroxylation is 1. The van der Waals surface area contributed by atoms with E-state index >= 15 is 0 Å². The third kappa shape index (κ3) is 4.07. The molecule has 0 bridgehead atoms. The predicted octanol–water partition coefficient (Wildman–Crippen LogP) is 3.64. The van der Waals surface area contributed by atoms with Gasteiger partial charge in [-0.25, -0.2) is 9.97 Å². The topological polar surface area (TPSA) is 54.9 Å². The minimum absolute atomic E-state index is 0.0524. The molecule has 0 aliphatic carbocycles. The summed E-state index contributed by atoms with van der Waals surface area (Å²) in [5.41, 5.74) is 2.47. The molecule has 0 aliphatic heterocycles. The number of carbonyl (C=O) groups is 1. The van der Waals surface area contributed by atoms with Crippen molar-refractivity contribution in [2.75, 3.05) is 6.26 Å². The van der Waals surface area contributed by atoms with E-state index in [4.69, 9.17) is 0 Å². The Labute approximate surface area is 135 Å². The second-order valence-electron chi connectivity index (χ2n) is 5.07. The lowest BCUT2D eigenvalue weighted by Crippen LogP contribution is -2.28. The van der Waals surface area contributed by atoms with Crippen LogP contribution in [0.4, 0.5) is 0 Å². The van der Waals surface area contributed by atoms with Gasteiger partial charge in [0.2, 0.25) is 0 Å². The molecule has 0 aliphatic rings. The van der Waals surface area contributed by atoms with E-state index in [0.29, 0.717) is 10.7 Å². The molecule has 22 heavy (non-hydrogen) atoms. The summed E-state index contributed by atoms with van der Waals surface area (Å²) in [7, 11) is 0. The highest BCUT2D eigenvalue weighted by Crippen LogP contribution is 2.16. The molecular weight excluding hydrogens is 294 g/mol. The van der Waals surface area contributed by atoms with Crippen molar-refractivity contribution in [3.8, 4) is 0 Å². The van der Waals surface area contributed by atoms with Gasteiger partial charge in [-0.3, -0.25) is 4.79 Å². The normalized spacial score (nSPS) is 12.0. The molecule has 0 saturated heterocycles. The number of hydrogen-bond donors (Lipinski definition) is 1. The Kier molecular flexibility index (Phi) is 5.95. The molecule has 2 rings (SSSR count). The van der Waals surface area contributed by atoms with Crippen LogP contribution in [-0.2, 0) is 6.42 Å². The predicted molar refractivity (Wildman–Crippen MR) is 90.1 cm³/mol. The first-order valence-corrected chi connectivity index (χ1v) is 8.63. The number of carbonyl (C=O) groups excluding carboxylic acids is 1. The van der Waals surface area contributed by atoms with Crippen LogP contribution in [0.15, 0.2) is 41.7 Å². The molecule has 1 heterocycles. The van der Waals surface area contributed by atoms with Gasteiger partial charge in [0.05, 0.1) is 17.3 Å². The van der Waals surface area contributed by atoms with Crippen molar-refractivity contribution < 1.29 is 4.79 Å². The van der Waals surface area contributed by atoms with Crippen LogP contribution >= 0.6 is 11.8 Å². The average Bonchev–Trinajstić information content (AvgIpc) is 2.55. The summed E-state index contributed by atoms with van der Waals surface area (Å²) in [6.07, 6.45) is 5.29. The SMILES string of the molecule is CCCc1nc(SC)ncc1C(=O)NC(C)c1ccccc1. The fraction of sp³-hybridized carbons (Fsp3) is 0.353. The van der Waals surface area contributed by atoms with Gasteiger partial charge in [0, 0.05) is 6.20 Å². The third-order valence-electron chi connectivity index (χ3n) is 3.41. The van der Waals surface area contributed by atoms with Crippen LogP contribution in [0.1, 0.15) is 47.9 Å². The number of amides is 1. The molecule has 1 amide bonds. The molecule has 0 saturated carbocycles. The van der Waals surface area contributed by atoms with Gasteiger partial charge in [0.25, 0.3) is 5.91 Å². The lowest BCUT2D eigenvalue weighted by atomic mass is 10.1. The van der Waals surface area contributed by atoms with Crippen LogP contribution in [0, 0.1) is 0 Å². The minimum Gasteiger partial charge on any atom is -0.345 e. The molecule has 1 N–H and O–H groups in total. The summed E-state index contributed by atoms with van der Waals surface area (Å²) in [6.45, 7) is 4.05. The molecule has 0 radical (unpaired) electrons. The van der Waals surface area contributed by atoms with E-state index in [1.165, 1.54) is 11.8 Å². The second-order valence-corrected chi connectivity index (χ2v) is 5.85. The van der Waals surface area contributed by atoms with Gasteiger partial charge in [0.15, 0.2) is 5.16 Å². The first kappa shape index (κ1) is 16.5. The second kappa shape index (κ2) is 7.94. The molecule has 2 aromatic rings. The highest BCUT2D eigenvalue weighted by Gasteiger charge is 2.16. The number of hydrogen-bond acceptors (Lipinski definition) is 4. The summed E-state index contributed by atoms with van der Waals surface area (Å²) >= 11 is 1.49. The maximum atomic E-state index is 12.5. The molecule has 4 nitrogen and oxygen atoms in total. The molecule has 1 aromatic heterocycles. The van der Waals surface area contributed by atoms with Gasteiger partial charge < -0.3 is 5.32 Å². The van der Waals surface area contributed by atoms with Crippen LogP contribution in [0.3, 0.4) is 0 Å². The van der Waals surface area contributed by atoms with Crippen LogP contribution in [-0.4, -0.2) is 22.1 Å². The van der Waals surface area contributed by atoms with Crippen molar-refractivity contribution >= 4 is 17.7 Å². The van der Waals surface area contributed by atoms with Crippen molar-refractivity contribution in [2.45, 2.75) is 37.9 Å². The van der Waals surface area contributed by atoms with E-state index in [-0.39, 0.29) is 11.9 Å². The highest BCUT2D eigenvalue weighted by atomic mass is 32.2. The molecular formula is C17H21N3OS. The molecule has 116 valence electrons. The van der Waals surface area contributed by atoms with Gasteiger partial charge in [-0.1, -0.05) is 55.4 Å². The van der Waals surface area contributed by atoms with Crippen LogP contribution in [0.5, 0.6) is 0 Å². The van der Waals surface area contributed by atoms with E-state index in [1.807, 2.05) is 43.5 Å². The van der Waals surface area contributed by atoms with Crippen molar-refractivity contribution in [3.63, 3.8) is 0 Å². The van der Waals surface area contributed by atoms with Gasteiger partial charge in [0.1, 0.15) is 0 Å². The number of nitrogens with one attached hydrogen (secondary N) is 1. The fourth-order valence-electron chi connectivity index (χ4n) is 2.21. The first-order chi connectivity index (χ1) is 10.7. The lowest BCUT2D eigenvalue weighted by molar-refractivity contribution is 0.0938. The zero-order valence-electron chi connectivity index (χ0n) is 13.2. The average molecular weight is 315 g/mol. The van der Waals surface area contributed by atoms with Gasteiger partial charge >= 0.3 is 0 Å². The summed E-state index contributed by atoms with van der Waals surface area (Å²) < 4.78 is 0. The molecule has 0 fully saturated rings. The maximum Gasteiger partial charge on any atom is 0.255 e. The number of thioether (sulfide) groups is 1. The Bertz CT molecular complexity index is 631. The Morgan fingerprint density at radius 3 is 2.68 bits per heavy atom. The van der Waals surface area contributed by atoms with E-state index in [2.05, 4.69) is 22.2 Å². The molecule has 1 unspecified atom stereocenters. The van der Waals surface area contributed by atoms with Crippen molar-refractivity contribution in [3.05, 3.63) is 53.3 Å². The zero-order chi connectivity index (χ0) is 15.9. The minimum atomic E-state index is -0.118. The van der Waals surface area contributed by atoms with Crippen LogP contribution < -0.4 is 5.32 Å². The molecule has 1 atom stereocenters. The summed E-state index contributed by atoms with van der Waals surface area (Å²) in [5, 5.41) is 3.73. The first-order valence-electron chi connectivity index (χ1n) is 7.41. The van der Waals surface area contributed by atoms with Gasteiger partial charge in [-0.05, 0) is 25.2 Å². The lowest BCUT2D eigenvalue weighted by Gasteiger charge is -2.15. The summed E-state index contributed by atoms with van der Waals surface area (Å²) in [6, 6.07) is 9.86. The highest BCUT2D eigenvalue weighted by molar-refractivity contribution is 7.98. The van der Waals surface area contributed by atoms with E-state index in [9.17, 15) is 4.79 Å². The van der Waals surface area contributed by atoms with Crippen LogP contribution in [0.2, 0.25) is 0 Å². The molecule has 5 heteroatoms. The quantitative estimate of drug-likeness (QED) is 0.653. The Balaban J connectivity index is 2.18. The number of nitrogens with zero attached hydrogens (tertiary/aromatic N) is 2. The summed E-state index contributed by atoms with van der Waals surface area (Å²) in [5.74, 6) is -0.118. The summed E-state index contributed by atoms with van der Waals surface area (Å²) in [4.78, 5) is 21.2. The zero-order valence-corrected chi connectivity index (χ0v) is 14.0. The smallest absolute Gasteiger partial charge is 0.255 e. The van der Waals surface area contributed by atoms with E-state index in [1.54, 1.807) is 6.20 Å². The Morgan fingerprint density at radius 2 is 2.05 bits per heavy atom. The Morgan fingerprint density at radius 1 is 1.32 bits per heavy atom. The Hall–Kier alpha value is -1.88. The van der Waals surface area contributed by atoms with E-state index in [0.717, 1.165) is 24.1 Å². The number of aromatic nitrogens is 2. The van der Waals surface area contributed by atoms with Gasteiger partial charge in [-0.15, -0.1) is 0 Å². The van der Waals surface area contributed by atoms with Crippen molar-refractivity contribution in [1.82, 2.24) is 15.3 Å². The number of benzene rings is 1. The number of rotatable bonds is 6. The van der Waals surface area contributed by atoms with E-state index < -0.39 is 0 Å². The standard InChI is InChI=1S/C17H21N3OS/c1-4-8-15-14(11-18-17(20-15)22-3)16(21)19-12(2)13-9-6-5-7-10-13/h5-7,9-12H,4,8H2,1-3H3,(H,19,21). The molecule has 1 aromatic carbocycles. The van der Waals surface area contributed by atoms with Crippen LogP contribution in [0.25, 0.3) is 0 Å². The fourth-order valence-corrected chi connectivity index (χ4v) is 2.57. The third-order valence-corrected chi connectivity index (χ3v) is 3.97. The molecule has 0 spiro atoms. The van der Waals surface area contributed by atoms with Crippen molar-refractivity contribution in [2.24, 2.45) is 0 Å². The maximum absolute atomic E-state index is 12.5. The monoisotopic (exact) mass is 315 g/mol.